The van der Waals surface area contributed by atoms with Crippen molar-refractivity contribution in [3.63, 3.8) is 0 Å². The fourth-order valence-electron chi connectivity index (χ4n) is 1.27. The molecule has 0 aromatic heterocycles. The molecule has 0 aliphatic carbocycles. The van der Waals surface area contributed by atoms with Gasteiger partial charge in [-0.3, -0.25) is 5.41 Å². The third kappa shape index (κ3) is 5.70. The highest BCUT2D eigenvalue weighted by atomic mass is 35.5. The number of guanidine groups is 1. The SMILES string of the molecule is Cl.N=C(N)NCC(O)c1ccc(OCCF)cc1. The van der Waals surface area contributed by atoms with E-state index in [2.05, 4.69) is 5.32 Å². The highest BCUT2D eigenvalue weighted by Gasteiger charge is 2.07. The predicted octanol–water partition coefficient (Wildman–Crippen LogP) is 0.973. The van der Waals surface area contributed by atoms with Crippen LogP contribution in [0, 0.1) is 5.41 Å². The summed E-state index contributed by atoms with van der Waals surface area (Å²) in [6.07, 6.45) is -0.755. The predicted molar refractivity (Wildman–Crippen MR) is 70.0 cm³/mol. The summed E-state index contributed by atoms with van der Waals surface area (Å²) >= 11 is 0. The van der Waals surface area contributed by atoms with Crippen LogP contribution in [-0.2, 0) is 0 Å². The van der Waals surface area contributed by atoms with E-state index in [9.17, 15) is 9.50 Å². The molecule has 1 atom stereocenters. The van der Waals surface area contributed by atoms with Gasteiger partial charge in [-0.1, -0.05) is 12.1 Å². The topological polar surface area (TPSA) is 91.4 Å². The Morgan fingerprint density at radius 1 is 1.44 bits per heavy atom. The first-order valence-corrected chi connectivity index (χ1v) is 5.18. The van der Waals surface area contributed by atoms with Gasteiger partial charge in [0.2, 0.25) is 0 Å². The van der Waals surface area contributed by atoms with E-state index < -0.39 is 12.8 Å². The van der Waals surface area contributed by atoms with Gasteiger partial charge in [0.1, 0.15) is 19.0 Å². The first-order valence-electron chi connectivity index (χ1n) is 5.18. The van der Waals surface area contributed by atoms with Crippen molar-refractivity contribution in [1.82, 2.24) is 5.32 Å². The second kappa shape index (κ2) is 8.54. The fraction of sp³-hybridized carbons (Fsp3) is 0.364. The molecular formula is C11H17ClFN3O2. The quantitative estimate of drug-likeness (QED) is 0.461. The third-order valence-corrected chi connectivity index (χ3v) is 2.10. The third-order valence-electron chi connectivity index (χ3n) is 2.10. The number of rotatable bonds is 6. The molecule has 1 rings (SSSR count). The van der Waals surface area contributed by atoms with Crippen LogP contribution >= 0.6 is 12.4 Å². The lowest BCUT2D eigenvalue weighted by molar-refractivity contribution is 0.181. The van der Waals surface area contributed by atoms with E-state index in [0.717, 1.165) is 0 Å². The zero-order valence-electron chi connectivity index (χ0n) is 9.73. The summed E-state index contributed by atoms with van der Waals surface area (Å²) in [5.41, 5.74) is 5.78. The first-order chi connectivity index (χ1) is 8.13. The second-order valence-corrected chi connectivity index (χ2v) is 3.42. The molecule has 0 aliphatic rings. The molecule has 5 N–H and O–H groups in total. The fourth-order valence-corrected chi connectivity index (χ4v) is 1.27. The number of aliphatic hydroxyl groups is 1. The van der Waals surface area contributed by atoms with Crippen molar-refractivity contribution in [3.05, 3.63) is 29.8 Å². The summed E-state index contributed by atoms with van der Waals surface area (Å²) in [4.78, 5) is 0. The van der Waals surface area contributed by atoms with Crippen molar-refractivity contribution in [2.75, 3.05) is 19.8 Å². The average Bonchev–Trinajstić information content (AvgIpc) is 2.34. The molecule has 1 aromatic carbocycles. The summed E-state index contributed by atoms with van der Waals surface area (Å²) in [6.45, 7) is -0.347. The molecule has 1 unspecified atom stereocenters. The Morgan fingerprint density at radius 2 is 2.06 bits per heavy atom. The summed E-state index contributed by atoms with van der Waals surface area (Å²) in [7, 11) is 0. The Kier molecular flexibility index (Phi) is 7.82. The van der Waals surface area contributed by atoms with Gasteiger partial charge in [0.05, 0.1) is 6.10 Å². The van der Waals surface area contributed by atoms with Crippen LogP contribution in [0.2, 0.25) is 0 Å². The lowest BCUT2D eigenvalue weighted by atomic mass is 10.1. The molecule has 102 valence electrons. The van der Waals surface area contributed by atoms with Gasteiger partial charge in [-0.25, -0.2) is 4.39 Å². The van der Waals surface area contributed by atoms with Crippen molar-refractivity contribution in [1.29, 1.82) is 5.41 Å². The van der Waals surface area contributed by atoms with E-state index in [-0.39, 0.29) is 31.5 Å². The minimum absolute atomic E-state index is 0. The van der Waals surface area contributed by atoms with Crippen LogP contribution in [0.3, 0.4) is 0 Å². The zero-order chi connectivity index (χ0) is 12.7. The van der Waals surface area contributed by atoms with Crippen molar-refractivity contribution in [3.8, 4) is 5.75 Å². The number of ether oxygens (including phenoxy) is 1. The van der Waals surface area contributed by atoms with Gasteiger partial charge in [-0.05, 0) is 17.7 Å². The normalized spacial score (nSPS) is 11.2. The van der Waals surface area contributed by atoms with Gasteiger partial charge in [-0.2, -0.15) is 0 Å². The molecule has 0 amide bonds. The number of benzene rings is 1. The molecule has 7 heteroatoms. The number of halogens is 2. The van der Waals surface area contributed by atoms with Crippen LogP contribution in [0.4, 0.5) is 4.39 Å². The van der Waals surface area contributed by atoms with E-state index in [1.54, 1.807) is 24.3 Å². The van der Waals surface area contributed by atoms with Gasteiger partial charge in [0, 0.05) is 6.54 Å². The van der Waals surface area contributed by atoms with Gasteiger partial charge in [0.25, 0.3) is 0 Å². The maximum atomic E-state index is 11.9. The van der Waals surface area contributed by atoms with Gasteiger partial charge in [-0.15, -0.1) is 12.4 Å². The van der Waals surface area contributed by atoms with Crippen molar-refractivity contribution in [2.24, 2.45) is 5.73 Å². The molecule has 5 nitrogen and oxygen atoms in total. The van der Waals surface area contributed by atoms with Crippen molar-refractivity contribution in [2.45, 2.75) is 6.10 Å². The first kappa shape index (κ1) is 16.5. The highest BCUT2D eigenvalue weighted by Crippen LogP contribution is 2.17. The summed E-state index contributed by atoms with van der Waals surface area (Å²) in [5, 5.41) is 19.2. The van der Waals surface area contributed by atoms with Crippen molar-refractivity contribution < 1.29 is 14.2 Å². The molecule has 0 bridgehead atoms. The number of hydrogen-bond donors (Lipinski definition) is 4. The average molecular weight is 278 g/mol. The molecule has 0 radical (unpaired) electrons. The molecule has 0 saturated carbocycles. The van der Waals surface area contributed by atoms with Gasteiger partial charge in [0.15, 0.2) is 5.96 Å². The Hall–Kier alpha value is -1.53. The van der Waals surface area contributed by atoms with Gasteiger partial charge < -0.3 is 20.9 Å². The van der Waals surface area contributed by atoms with Crippen LogP contribution in [0.1, 0.15) is 11.7 Å². The number of hydrogen-bond acceptors (Lipinski definition) is 3. The van der Waals surface area contributed by atoms with E-state index in [1.807, 2.05) is 0 Å². The van der Waals surface area contributed by atoms with Gasteiger partial charge >= 0.3 is 0 Å². The molecule has 0 fully saturated rings. The van der Waals surface area contributed by atoms with Crippen LogP contribution in [0.15, 0.2) is 24.3 Å². The lowest BCUT2D eigenvalue weighted by Gasteiger charge is -2.12. The van der Waals surface area contributed by atoms with E-state index in [1.165, 1.54) is 0 Å². The molecule has 0 aliphatic heterocycles. The Balaban J connectivity index is 0.00000289. The molecule has 0 spiro atoms. The molecule has 18 heavy (non-hydrogen) atoms. The maximum absolute atomic E-state index is 11.9. The van der Waals surface area contributed by atoms with E-state index in [4.69, 9.17) is 15.9 Å². The second-order valence-electron chi connectivity index (χ2n) is 3.42. The minimum atomic E-state index is -0.755. The van der Waals surface area contributed by atoms with E-state index >= 15 is 0 Å². The van der Waals surface area contributed by atoms with E-state index in [0.29, 0.717) is 11.3 Å². The summed E-state index contributed by atoms with van der Waals surface area (Å²) in [5.74, 6) is 0.366. The number of alkyl halides is 1. The van der Waals surface area contributed by atoms with Crippen LogP contribution in [-0.4, -0.2) is 30.9 Å². The Morgan fingerprint density at radius 3 is 2.56 bits per heavy atom. The number of nitrogens with one attached hydrogen (secondary N) is 2. The molecule has 0 saturated heterocycles. The number of aliphatic hydroxyl groups excluding tert-OH is 1. The Labute approximate surface area is 111 Å². The Bertz CT molecular complexity index is 362. The highest BCUT2D eigenvalue weighted by molar-refractivity contribution is 5.85. The minimum Gasteiger partial charge on any atom is -0.491 e. The van der Waals surface area contributed by atoms with Crippen LogP contribution in [0.5, 0.6) is 5.75 Å². The molecule has 1 aromatic rings. The largest absolute Gasteiger partial charge is 0.491 e. The monoisotopic (exact) mass is 277 g/mol. The summed E-state index contributed by atoms with van der Waals surface area (Å²) in [6, 6.07) is 6.67. The zero-order valence-corrected chi connectivity index (χ0v) is 10.5. The standard InChI is InChI=1S/C11H16FN3O2.ClH/c12-5-6-17-9-3-1-8(2-4-9)10(16)7-15-11(13)14;/h1-4,10,16H,5-7H2,(H4,13,14,15);1H. The molecular weight excluding hydrogens is 261 g/mol. The maximum Gasteiger partial charge on any atom is 0.185 e. The lowest BCUT2D eigenvalue weighted by Crippen LogP contribution is -2.33. The van der Waals surface area contributed by atoms with Crippen LogP contribution in [0.25, 0.3) is 0 Å². The smallest absolute Gasteiger partial charge is 0.185 e. The number of nitrogens with two attached hydrogens (primary N) is 1. The molecule has 0 heterocycles. The van der Waals surface area contributed by atoms with Crippen LogP contribution < -0.4 is 15.8 Å². The van der Waals surface area contributed by atoms with Crippen molar-refractivity contribution >= 4 is 18.4 Å². The summed E-state index contributed by atoms with van der Waals surface area (Å²) < 4.78 is 16.9.